The van der Waals surface area contributed by atoms with E-state index < -0.39 is 22.6 Å². The Morgan fingerprint density at radius 1 is 1.12 bits per heavy atom. The smallest absolute Gasteiger partial charge is 0.291 e. The van der Waals surface area contributed by atoms with Gasteiger partial charge in [0.15, 0.2) is 5.76 Å². The van der Waals surface area contributed by atoms with Gasteiger partial charge in [0.2, 0.25) is 0 Å². The zero-order valence-corrected chi connectivity index (χ0v) is 17.6. The van der Waals surface area contributed by atoms with E-state index in [9.17, 15) is 24.1 Å². The summed E-state index contributed by atoms with van der Waals surface area (Å²) in [6, 6.07) is 10.7. The minimum atomic E-state index is -0.546. The van der Waals surface area contributed by atoms with E-state index in [0.717, 1.165) is 6.42 Å². The molecule has 1 aliphatic rings. The standard InChI is InChI=1S/C23H19FN4O5/c1-13-20-18(26-27-22(29)14-8-10-15(24)11-9-14)6-3-7-19(20)33-21(13)23(30)25-16-4-2-5-17(12-16)28(31)32/h2,4-5,8-12H,3,6-7H2,1H3,(H,25,30)(H,27,29)/b26-18+. The van der Waals surface area contributed by atoms with E-state index in [4.69, 9.17) is 4.42 Å². The minimum absolute atomic E-state index is 0.0750. The first-order valence-electron chi connectivity index (χ1n) is 10.1. The maximum Gasteiger partial charge on any atom is 0.291 e. The van der Waals surface area contributed by atoms with Crippen LogP contribution in [0.5, 0.6) is 0 Å². The van der Waals surface area contributed by atoms with Crippen LogP contribution < -0.4 is 10.7 Å². The van der Waals surface area contributed by atoms with Crippen molar-refractivity contribution in [3.05, 3.63) is 92.7 Å². The van der Waals surface area contributed by atoms with E-state index >= 15 is 0 Å². The molecule has 2 amide bonds. The molecule has 33 heavy (non-hydrogen) atoms. The molecule has 0 radical (unpaired) electrons. The predicted octanol–water partition coefficient (Wildman–Crippen LogP) is 4.36. The van der Waals surface area contributed by atoms with Crippen LogP contribution in [-0.2, 0) is 6.42 Å². The number of fused-ring (bicyclic) bond motifs is 1. The molecule has 4 rings (SSSR count). The molecular weight excluding hydrogens is 431 g/mol. The lowest BCUT2D eigenvalue weighted by Gasteiger charge is -2.13. The van der Waals surface area contributed by atoms with Crippen LogP contribution >= 0.6 is 0 Å². The lowest BCUT2D eigenvalue weighted by Crippen LogP contribution is -2.22. The first-order chi connectivity index (χ1) is 15.8. The van der Waals surface area contributed by atoms with Crippen LogP contribution in [-0.4, -0.2) is 22.4 Å². The molecule has 1 heterocycles. The van der Waals surface area contributed by atoms with Gasteiger partial charge in [0.05, 0.1) is 10.6 Å². The predicted molar refractivity (Wildman–Crippen MR) is 118 cm³/mol. The lowest BCUT2D eigenvalue weighted by molar-refractivity contribution is -0.384. The number of rotatable bonds is 5. The molecule has 0 saturated carbocycles. The van der Waals surface area contributed by atoms with Crippen LogP contribution in [0.4, 0.5) is 15.8 Å². The van der Waals surface area contributed by atoms with Crippen molar-refractivity contribution in [2.75, 3.05) is 5.32 Å². The van der Waals surface area contributed by atoms with E-state index in [0.29, 0.717) is 35.4 Å². The van der Waals surface area contributed by atoms with Crippen LogP contribution in [0.1, 0.15) is 50.6 Å². The van der Waals surface area contributed by atoms with Crippen LogP contribution in [0, 0.1) is 22.9 Å². The van der Waals surface area contributed by atoms with E-state index in [1.165, 1.54) is 42.5 Å². The summed E-state index contributed by atoms with van der Waals surface area (Å²) < 4.78 is 18.9. The Labute approximate surface area is 187 Å². The van der Waals surface area contributed by atoms with Gasteiger partial charge in [0.1, 0.15) is 11.6 Å². The highest BCUT2D eigenvalue weighted by molar-refractivity contribution is 6.09. The normalized spacial score (nSPS) is 13.9. The zero-order chi connectivity index (χ0) is 23.5. The number of amides is 2. The van der Waals surface area contributed by atoms with Crippen LogP contribution in [0.3, 0.4) is 0 Å². The first kappa shape index (κ1) is 21.9. The van der Waals surface area contributed by atoms with Gasteiger partial charge in [-0.1, -0.05) is 6.07 Å². The van der Waals surface area contributed by atoms with Crippen molar-refractivity contribution in [1.82, 2.24) is 5.43 Å². The monoisotopic (exact) mass is 450 g/mol. The molecule has 9 nitrogen and oxygen atoms in total. The fourth-order valence-electron chi connectivity index (χ4n) is 3.67. The number of nitrogens with one attached hydrogen (secondary N) is 2. The molecule has 0 fully saturated rings. The molecule has 0 aliphatic heterocycles. The molecule has 1 aliphatic carbocycles. The fraction of sp³-hybridized carbons (Fsp3) is 0.174. The molecule has 0 saturated heterocycles. The highest BCUT2D eigenvalue weighted by atomic mass is 19.1. The van der Waals surface area contributed by atoms with Crippen molar-refractivity contribution in [2.45, 2.75) is 26.2 Å². The van der Waals surface area contributed by atoms with Gasteiger partial charge in [-0.15, -0.1) is 0 Å². The number of nitro groups is 1. The molecule has 0 bridgehead atoms. The second-order valence-corrected chi connectivity index (χ2v) is 7.48. The number of nitrogens with zero attached hydrogens (tertiary/aromatic N) is 2. The molecular formula is C23H19FN4O5. The third-order valence-corrected chi connectivity index (χ3v) is 5.25. The summed E-state index contributed by atoms with van der Waals surface area (Å²) in [7, 11) is 0. The van der Waals surface area contributed by atoms with Gasteiger partial charge in [-0.25, -0.2) is 9.82 Å². The second-order valence-electron chi connectivity index (χ2n) is 7.48. The number of hydrogen-bond acceptors (Lipinski definition) is 6. The minimum Gasteiger partial charge on any atom is -0.455 e. The summed E-state index contributed by atoms with van der Waals surface area (Å²) in [5.74, 6) is -0.820. The Hall–Kier alpha value is -4.34. The second kappa shape index (κ2) is 9.03. The molecule has 0 spiro atoms. The zero-order valence-electron chi connectivity index (χ0n) is 17.6. The van der Waals surface area contributed by atoms with Crippen molar-refractivity contribution < 1.29 is 23.3 Å². The molecule has 1 aromatic heterocycles. The molecule has 3 aromatic rings. The van der Waals surface area contributed by atoms with Gasteiger partial charge < -0.3 is 9.73 Å². The molecule has 0 unspecified atom stereocenters. The number of hydrogen-bond donors (Lipinski definition) is 2. The van der Waals surface area contributed by atoms with Gasteiger partial charge in [0, 0.05) is 40.9 Å². The van der Waals surface area contributed by atoms with Crippen LogP contribution in [0.2, 0.25) is 0 Å². The number of aryl methyl sites for hydroxylation is 1. The maximum atomic E-state index is 13.1. The maximum absolute atomic E-state index is 13.1. The molecule has 0 atom stereocenters. The van der Waals surface area contributed by atoms with Gasteiger partial charge in [-0.3, -0.25) is 19.7 Å². The number of non-ortho nitro benzene ring substituents is 1. The summed E-state index contributed by atoms with van der Waals surface area (Å²) in [4.78, 5) is 35.5. The molecule has 2 aromatic carbocycles. The number of carbonyl (C=O) groups is 2. The van der Waals surface area contributed by atoms with E-state index in [2.05, 4.69) is 15.8 Å². The number of hydrazone groups is 1. The van der Waals surface area contributed by atoms with Crippen molar-refractivity contribution >= 4 is 28.9 Å². The highest BCUT2D eigenvalue weighted by Crippen LogP contribution is 2.30. The van der Waals surface area contributed by atoms with Crippen molar-refractivity contribution in [3.8, 4) is 0 Å². The quantitative estimate of drug-likeness (QED) is 0.441. The van der Waals surface area contributed by atoms with Gasteiger partial charge in [0.25, 0.3) is 17.5 Å². The van der Waals surface area contributed by atoms with Gasteiger partial charge >= 0.3 is 0 Å². The molecule has 168 valence electrons. The largest absolute Gasteiger partial charge is 0.455 e. The lowest BCUT2D eigenvalue weighted by atomic mass is 9.93. The Balaban J connectivity index is 1.56. The number of benzene rings is 2. The molecule has 2 N–H and O–H groups in total. The number of furan rings is 1. The van der Waals surface area contributed by atoms with E-state index in [1.807, 2.05) is 0 Å². The van der Waals surface area contributed by atoms with Crippen LogP contribution in [0.15, 0.2) is 58.0 Å². The summed E-state index contributed by atoms with van der Waals surface area (Å²) in [5, 5.41) is 17.8. The average Bonchev–Trinajstić information content (AvgIpc) is 3.15. The van der Waals surface area contributed by atoms with Gasteiger partial charge in [-0.2, -0.15) is 5.10 Å². The Bertz CT molecular complexity index is 1280. The Morgan fingerprint density at radius 3 is 2.61 bits per heavy atom. The van der Waals surface area contributed by atoms with Crippen molar-refractivity contribution in [3.63, 3.8) is 0 Å². The van der Waals surface area contributed by atoms with E-state index in [1.54, 1.807) is 13.0 Å². The summed E-state index contributed by atoms with van der Waals surface area (Å²) >= 11 is 0. The highest BCUT2D eigenvalue weighted by Gasteiger charge is 2.28. The number of nitro benzene ring substituents is 1. The summed E-state index contributed by atoms with van der Waals surface area (Å²) in [5.41, 5.74) is 4.64. The Morgan fingerprint density at radius 2 is 1.88 bits per heavy atom. The SMILES string of the molecule is Cc1c(C(=O)Nc2cccc([N+](=O)[O-])c2)oc2c1/C(=N/NC(=O)c1ccc(F)cc1)CCC2. The van der Waals surface area contributed by atoms with Crippen molar-refractivity contribution in [1.29, 1.82) is 0 Å². The summed E-state index contributed by atoms with van der Waals surface area (Å²) in [6.45, 7) is 1.72. The van der Waals surface area contributed by atoms with Gasteiger partial charge in [-0.05, 0) is 50.1 Å². The molecule has 10 heteroatoms. The number of carbonyl (C=O) groups excluding carboxylic acids is 2. The van der Waals surface area contributed by atoms with Crippen molar-refractivity contribution in [2.24, 2.45) is 5.10 Å². The Kier molecular flexibility index (Phi) is 5.99. The van der Waals surface area contributed by atoms with E-state index in [-0.39, 0.29) is 22.7 Å². The topological polar surface area (TPSA) is 127 Å². The summed E-state index contributed by atoms with van der Waals surface area (Å²) in [6.07, 6.45) is 1.89. The number of anilines is 1. The third kappa shape index (κ3) is 4.64. The first-order valence-corrected chi connectivity index (χ1v) is 10.1. The van der Waals surface area contributed by atoms with Crippen LogP contribution in [0.25, 0.3) is 0 Å². The average molecular weight is 450 g/mol. The fourth-order valence-corrected chi connectivity index (χ4v) is 3.67. The number of halogens is 1. The third-order valence-electron chi connectivity index (χ3n) is 5.25.